The van der Waals surface area contributed by atoms with E-state index in [4.69, 9.17) is 4.98 Å². The van der Waals surface area contributed by atoms with Crippen molar-refractivity contribution < 1.29 is 5.11 Å². The van der Waals surface area contributed by atoms with Crippen LogP contribution in [0.4, 0.5) is 5.82 Å². The van der Waals surface area contributed by atoms with Gasteiger partial charge in [-0.3, -0.25) is 0 Å². The average Bonchev–Trinajstić information content (AvgIpc) is 3.31. The standard InChI is InChI=1S/C17H21N5OS/c1-2-13-20-16(12-5-10-24-17(12)21-13)22-8-3-11(4-9-22)14(23)15-18-6-7-19-15/h5-7,10-11,14,23H,2-4,8-9H2,1H3,(H,18,19). The fourth-order valence-corrected chi connectivity index (χ4v) is 4.15. The molecule has 0 bridgehead atoms. The number of rotatable bonds is 4. The highest BCUT2D eigenvalue weighted by molar-refractivity contribution is 7.16. The van der Waals surface area contributed by atoms with Crippen LogP contribution in [-0.2, 0) is 6.42 Å². The average molecular weight is 343 g/mol. The van der Waals surface area contributed by atoms with Crippen LogP contribution in [0.3, 0.4) is 0 Å². The molecule has 7 heteroatoms. The van der Waals surface area contributed by atoms with E-state index < -0.39 is 6.10 Å². The molecular weight excluding hydrogens is 322 g/mol. The van der Waals surface area contributed by atoms with E-state index in [1.807, 2.05) is 0 Å². The fourth-order valence-electron chi connectivity index (χ4n) is 3.37. The summed E-state index contributed by atoms with van der Waals surface area (Å²) in [6.45, 7) is 3.88. The summed E-state index contributed by atoms with van der Waals surface area (Å²) in [4.78, 5) is 20.0. The van der Waals surface area contributed by atoms with E-state index in [0.29, 0.717) is 5.82 Å². The van der Waals surface area contributed by atoms with Gasteiger partial charge in [-0.25, -0.2) is 15.0 Å². The van der Waals surface area contributed by atoms with Crippen molar-refractivity contribution >= 4 is 27.4 Å². The topological polar surface area (TPSA) is 77.9 Å². The SMILES string of the molecule is CCc1nc(N2CCC(C(O)c3ncc[nH]3)CC2)c2ccsc2n1. The van der Waals surface area contributed by atoms with Crippen molar-refractivity contribution in [3.05, 3.63) is 35.5 Å². The summed E-state index contributed by atoms with van der Waals surface area (Å²) < 4.78 is 0. The lowest BCUT2D eigenvalue weighted by molar-refractivity contribution is 0.0856. The zero-order chi connectivity index (χ0) is 16.5. The van der Waals surface area contributed by atoms with Crippen LogP contribution < -0.4 is 4.90 Å². The number of aryl methyl sites for hydroxylation is 1. The molecule has 1 fully saturated rings. The first-order valence-corrected chi connectivity index (χ1v) is 9.30. The summed E-state index contributed by atoms with van der Waals surface area (Å²) in [6.07, 6.45) is 5.63. The number of piperidine rings is 1. The molecule has 1 unspecified atom stereocenters. The summed E-state index contributed by atoms with van der Waals surface area (Å²) in [5.41, 5.74) is 0. The number of imidazole rings is 1. The molecule has 1 aliphatic rings. The quantitative estimate of drug-likeness (QED) is 0.761. The van der Waals surface area contributed by atoms with E-state index in [1.165, 1.54) is 0 Å². The predicted octanol–water partition coefficient (Wildman–Crippen LogP) is 2.93. The highest BCUT2D eigenvalue weighted by Crippen LogP contribution is 2.34. The van der Waals surface area contributed by atoms with Crippen LogP contribution in [0.1, 0.15) is 37.5 Å². The number of H-pyrrole nitrogens is 1. The first-order valence-electron chi connectivity index (χ1n) is 8.42. The van der Waals surface area contributed by atoms with Crippen molar-refractivity contribution in [2.24, 2.45) is 5.92 Å². The molecule has 1 aliphatic heterocycles. The molecule has 0 amide bonds. The third kappa shape index (κ3) is 2.78. The van der Waals surface area contributed by atoms with Gasteiger partial charge >= 0.3 is 0 Å². The highest BCUT2D eigenvalue weighted by atomic mass is 32.1. The second kappa shape index (κ2) is 6.49. The first kappa shape index (κ1) is 15.5. The van der Waals surface area contributed by atoms with Crippen LogP contribution in [0.5, 0.6) is 0 Å². The maximum absolute atomic E-state index is 10.5. The van der Waals surface area contributed by atoms with Crippen LogP contribution in [0.2, 0.25) is 0 Å². The maximum Gasteiger partial charge on any atom is 0.141 e. The van der Waals surface area contributed by atoms with Gasteiger partial charge in [0.2, 0.25) is 0 Å². The van der Waals surface area contributed by atoms with Gasteiger partial charge in [-0.05, 0) is 30.2 Å². The second-order valence-electron chi connectivity index (χ2n) is 6.20. The van der Waals surface area contributed by atoms with Gasteiger partial charge in [-0.15, -0.1) is 11.3 Å². The third-order valence-electron chi connectivity index (χ3n) is 4.75. The Labute approximate surface area is 144 Å². The minimum Gasteiger partial charge on any atom is -0.385 e. The van der Waals surface area contributed by atoms with Crippen LogP contribution in [0.15, 0.2) is 23.8 Å². The molecule has 126 valence electrons. The van der Waals surface area contributed by atoms with E-state index in [1.54, 1.807) is 23.7 Å². The molecule has 6 nitrogen and oxygen atoms in total. The molecule has 1 atom stereocenters. The molecule has 4 rings (SSSR count). The summed E-state index contributed by atoms with van der Waals surface area (Å²) in [6, 6.07) is 2.11. The third-order valence-corrected chi connectivity index (χ3v) is 5.56. The van der Waals surface area contributed by atoms with E-state index in [0.717, 1.165) is 54.2 Å². The van der Waals surface area contributed by atoms with Crippen molar-refractivity contribution in [2.45, 2.75) is 32.3 Å². The van der Waals surface area contributed by atoms with E-state index >= 15 is 0 Å². The molecule has 0 spiro atoms. The van der Waals surface area contributed by atoms with Crippen LogP contribution in [0.25, 0.3) is 10.2 Å². The van der Waals surface area contributed by atoms with Gasteiger partial charge in [0.15, 0.2) is 0 Å². The summed E-state index contributed by atoms with van der Waals surface area (Å²) in [5.74, 6) is 2.85. The monoisotopic (exact) mass is 343 g/mol. The molecule has 1 saturated heterocycles. The lowest BCUT2D eigenvalue weighted by Gasteiger charge is -2.34. The normalized spacial score (nSPS) is 17.5. The van der Waals surface area contributed by atoms with Gasteiger partial charge in [0.05, 0.1) is 5.39 Å². The molecule has 24 heavy (non-hydrogen) atoms. The smallest absolute Gasteiger partial charge is 0.141 e. The van der Waals surface area contributed by atoms with Crippen molar-refractivity contribution in [1.29, 1.82) is 0 Å². The Balaban J connectivity index is 1.53. The van der Waals surface area contributed by atoms with Gasteiger partial charge in [-0.2, -0.15) is 0 Å². The zero-order valence-corrected chi connectivity index (χ0v) is 14.5. The number of fused-ring (bicyclic) bond motifs is 1. The molecule has 0 aliphatic carbocycles. The lowest BCUT2D eigenvalue weighted by atomic mass is 9.91. The largest absolute Gasteiger partial charge is 0.385 e. The molecular formula is C17H21N5OS. The van der Waals surface area contributed by atoms with E-state index in [-0.39, 0.29) is 5.92 Å². The Kier molecular flexibility index (Phi) is 4.20. The van der Waals surface area contributed by atoms with Crippen molar-refractivity contribution in [2.75, 3.05) is 18.0 Å². The van der Waals surface area contributed by atoms with Gasteiger partial charge in [0.1, 0.15) is 28.4 Å². The van der Waals surface area contributed by atoms with Crippen LogP contribution >= 0.6 is 11.3 Å². The number of hydrogen-bond donors (Lipinski definition) is 2. The molecule has 0 aromatic carbocycles. The van der Waals surface area contributed by atoms with Gasteiger partial charge < -0.3 is 15.0 Å². The number of aliphatic hydroxyl groups excluding tert-OH is 1. The number of anilines is 1. The minimum atomic E-state index is -0.514. The molecule has 0 radical (unpaired) electrons. The fraction of sp³-hybridized carbons (Fsp3) is 0.471. The maximum atomic E-state index is 10.5. The highest BCUT2D eigenvalue weighted by Gasteiger charge is 2.29. The molecule has 4 heterocycles. The Bertz CT molecular complexity index is 808. The summed E-state index contributed by atoms with van der Waals surface area (Å²) in [7, 11) is 0. The molecule has 3 aromatic rings. The Morgan fingerprint density at radius 3 is 2.92 bits per heavy atom. The number of nitrogens with one attached hydrogen (secondary N) is 1. The Morgan fingerprint density at radius 1 is 1.38 bits per heavy atom. The van der Waals surface area contributed by atoms with Gasteiger partial charge in [0, 0.05) is 31.9 Å². The van der Waals surface area contributed by atoms with E-state index in [2.05, 4.69) is 38.2 Å². The predicted molar refractivity (Wildman–Crippen MR) is 95.3 cm³/mol. The lowest BCUT2D eigenvalue weighted by Crippen LogP contribution is -2.36. The van der Waals surface area contributed by atoms with Crippen molar-refractivity contribution in [3.63, 3.8) is 0 Å². The number of aromatic nitrogens is 4. The number of aromatic amines is 1. The Hall–Kier alpha value is -1.99. The van der Waals surface area contributed by atoms with Gasteiger partial charge in [0.25, 0.3) is 0 Å². The van der Waals surface area contributed by atoms with Crippen molar-refractivity contribution in [3.8, 4) is 0 Å². The second-order valence-corrected chi connectivity index (χ2v) is 7.09. The molecule has 0 saturated carbocycles. The molecule has 3 aromatic heterocycles. The summed E-state index contributed by atoms with van der Waals surface area (Å²) >= 11 is 1.67. The van der Waals surface area contributed by atoms with Crippen molar-refractivity contribution in [1.82, 2.24) is 19.9 Å². The van der Waals surface area contributed by atoms with Crippen LogP contribution in [0, 0.1) is 5.92 Å². The summed E-state index contributed by atoms with van der Waals surface area (Å²) in [5, 5.41) is 13.7. The zero-order valence-electron chi connectivity index (χ0n) is 13.6. The van der Waals surface area contributed by atoms with Crippen LogP contribution in [-0.4, -0.2) is 38.1 Å². The minimum absolute atomic E-state index is 0.234. The first-order chi connectivity index (χ1) is 11.8. The Morgan fingerprint density at radius 2 is 2.21 bits per heavy atom. The van der Waals surface area contributed by atoms with E-state index in [9.17, 15) is 5.11 Å². The number of hydrogen-bond acceptors (Lipinski definition) is 6. The number of nitrogens with zero attached hydrogens (tertiary/aromatic N) is 4. The number of aliphatic hydroxyl groups is 1. The molecule has 2 N–H and O–H groups in total. The number of thiophene rings is 1. The van der Waals surface area contributed by atoms with Gasteiger partial charge in [-0.1, -0.05) is 6.92 Å².